The number of carboxylic acid groups (broad SMARTS) is 1. The van der Waals surface area contributed by atoms with Gasteiger partial charge in [-0.15, -0.1) is 0 Å². The second-order valence-electron chi connectivity index (χ2n) is 14.0. The number of phenolic OH excluding ortho intramolecular Hbond substituents is 1. The molecule has 2 aromatic carbocycles. The normalized spacial score (nSPS) is 19.4. The lowest BCUT2D eigenvalue weighted by molar-refractivity contribution is -0.139. The summed E-state index contributed by atoms with van der Waals surface area (Å²) >= 11 is 0. The minimum Gasteiger partial charge on any atom is -0.508 e. The number of amides is 5. The Hall–Kier alpha value is -6.97. The van der Waals surface area contributed by atoms with E-state index in [1.807, 2.05) is 17.1 Å². The highest BCUT2D eigenvalue weighted by molar-refractivity contribution is 5.94. The number of likely N-dealkylation sites (N-methyl/N-ethyl adjacent to an activating group) is 1. The Bertz CT molecular complexity index is 2360. The first-order chi connectivity index (χ1) is 27.9. The molecule has 5 amide bonds. The zero-order valence-corrected chi connectivity index (χ0v) is 32.0. The summed E-state index contributed by atoms with van der Waals surface area (Å²) in [6.45, 7) is 2.70. The number of aliphatic carboxylic acids is 1. The predicted molar refractivity (Wildman–Crippen MR) is 208 cm³/mol. The van der Waals surface area contributed by atoms with E-state index in [0.717, 1.165) is 38.8 Å². The number of rotatable bonds is 15. The van der Waals surface area contributed by atoms with E-state index >= 15 is 0 Å². The van der Waals surface area contributed by atoms with E-state index in [1.54, 1.807) is 30.5 Å². The maximum Gasteiger partial charge on any atom is 0.331 e. The van der Waals surface area contributed by atoms with Crippen LogP contribution in [0.4, 0.5) is 4.79 Å². The number of aromatic nitrogens is 3. The van der Waals surface area contributed by atoms with E-state index in [9.17, 15) is 54.0 Å². The van der Waals surface area contributed by atoms with Crippen molar-refractivity contribution in [2.75, 3.05) is 7.05 Å². The number of fused-ring (bicyclic) bond motifs is 1. The van der Waals surface area contributed by atoms with Gasteiger partial charge in [0.15, 0.2) is 0 Å². The number of hydrogen-bond acceptors (Lipinski definition) is 12. The SMILES string of the molecule is C[C@H](NC(=O)N[C@@H](Cc1c[nH]c2ccccc12)C(=O)O)C(=O)N[C@H](C(=O)N/C=C1\O[C@@H](n2ccc(=O)[nH]c2=O)[C@H](O)[C@@H]1O)[C@H](C)N(C)C(=O)[C@@H](N)Cc1cccc(O)c1. The molecule has 0 unspecified atom stereocenters. The van der Waals surface area contributed by atoms with Crippen molar-refractivity contribution in [2.24, 2.45) is 5.73 Å². The Morgan fingerprint density at radius 1 is 0.983 bits per heavy atom. The highest BCUT2D eigenvalue weighted by Crippen LogP contribution is 2.30. The lowest BCUT2D eigenvalue weighted by Crippen LogP contribution is -2.61. The van der Waals surface area contributed by atoms with Gasteiger partial charge >= 0.3 is 17.7 Å². The number of aromatic amines is 2. The van der Waals surface area contributed by atoms with Crippen LogP contribution in [-0.2, 0) is 36.8 Å². The highest BCUT2D eigenvalue weighted by atomic mass is 16.6. The van der Waals surface area contributed by atoms with E-state index in [0.29, 0.717) is 11.1 Å². The third-order valence-corrected chi connectivity index (χ3v) is 9.79. The van der Waals surface area contributed by atoms with Gasteiger partial charge in [-0.3, -0.25) is 28.7 Å². The molecule has 0 saturated carbocycles. The van der Waals surface area contributed by atoms with Crippen molar-refractivity contribution in [1.82, 2.24) is 40.7 Å². The number of aliphatic hydroxyl groups is 2. The number of ether oxygens (including phenoxy) is 1. The summed E-state index contributed by atoms with van der Waals surface area (Å²) in [5, 5.41) is 51.3. The molecule has 0 spiro atoms. The second-order valence-corrected chi connectivity index (χ2v) is 14.0. The molecule has 12 N–H and O–H groups in total. The largest absolute Gasteiger partial charge is 0.508 e. The summed E-state index contributed by atoms with van der Waals surface area (Å²) in [6.07, 6.45) is -1.54. The summed E-state index contributed by atoms with van der Waals surface area (Å²) in [5.74, 6) is -4.34. The molecule has 21 heteroatoms. The van der Waals surface area contributed by atoms with Gasteiger partial charge in [0.25, 0.3) is 5.56 Å². The zero-order valence-electron chi connectivity index (χ0n) is 32.0. The monoisotopic (exact) mass is 819 g/mol. The topological polar surface area (TPSA) is 324 Å². The summed E-state index contributed by atoms with van der Waals surface area (Å²) in [5.41, 5.74) is 6.50. The fourth-order valence-electron chi connectivity index (χ4n) is 6.38. The van der Waals surface area contributed by atoms with Gasteiger partial charge in [0.2, 0.25) is 23.9 Å². The fourth-order valence-corrected chi connectivity index (χ4v) is 6.38. The average Bonchev–Trinajstić information content (AvgIpc) is 3.73. The maximum absolute atomic E-state index is 13.8. The Morgan fingerprint density at radius 2 is 1.71 bits per heavy atom. The molecule has 59 heavy (non-hydrogen) atoms. The minimum atomic E-state index is -1.77. The number of carbonyl (C=O) groups is 5. The number of carbonyl (C=O) groups excluding carboxylic acids is 4. The van der Waals surface area contributed by atoms with Crippen LogP contribution in [0.25, 0.3) is 10.9 Å². The van der Waals surface area contributed by atoms with E-state index in [2.05, 4.69) is 26.3 Å². The molecule has 314 valence electrons. The number of urea groups is 1. The molecule has 4 aromatic rings. The standard InChI is InChI=1S/C38H45N9O12/c1-18(42-37(57)43-26(36(55)56)15-21-16-40-25-10-5-4-9-23(21)25)32(52)45-29(19(2)46(3)34(54)24(39)14-20-7-6-8-22(48)13-20)33(53)41-17-27-30(50)31(51)35(59-27)47-12-11-28(49)44-38(47)58/h4-13,16-19,24,26,29-31,35,40,48,50-51H,14-15,39H2,1-3H3,(H,41,53)(H,45,52)(H,55,56)(H2,42,43,57)(H,44,49,58)/b27-17-/t18-,19-,24-,26-,29-,30+,31+,35+/m0/s1. The Labute approximate surface area is 334 Å². The van der Waals surface area contributed by atoms with E-state index in [4.69, 9.17) is 10.5 Å². The summed E-state index contributed by atoms with van der Waals surface area (Å²) in [7, 11) is 1.34. The first-order valence-electron chi connectivity index (χ1n) is 18.2. The van der Waals surface area contributed by atoms with Crippen molar-refractivity contribution in [3.63, 3.8) is 0 Å². The number of benzene rings is 2. The van der Waals surface area contributed by atoms with Crippen molar-refractivity contribution >= 4 is 40.6 Å². The van der Waals surface area contributed by atoms with Gasteiger partial charge in [0.05, 0.1) is 12.1 Å². The molecule has 5 rings (SSSR count). The van der Waals surface area contributed by atoms with E-state index in [1.165, 1.54) is 33.0 Å². The number of para-hydroxylation sites is 1. The minimum absolute atomic E-state index is 0.00440. The number of carboxylic acids is 1. The van der Waals surface area contributed by atoms with Crippen LogP contribution in [0, 0.1) is 0 Å². The average molecular weight is 820 g/mol. The molecule has 3 heterocycles. The van der Waals surface area contributed by atoms with Crippen LogP contribution in [0.15, 0.2) is 88.5 Å². The van der Waals surface area contributed by atoms with Crippen molar-refractivity contribution < 1.29 is 49.1 Å². The molecular weight excluding hydrogens is 774 g/mol. The summed E-state index contributed by atoms with van der Waals surface area (Å²) in [4.78, 5) is 96.0. The van der Waals surface area contributed by atoms with Crippen LogP contribution in [0.3, 0.4) is 0 Å². The van der Waals surface area contributed by atoms with Crippen LogP contribution in [0.1, 0.15) is 31.2 Å². The molecule has 0 aliphatic carbocycles. The third kappa shape index (κ3) is 10.3. The molecule has 1 aliphatic rings. The number of nitrogens with zero attached hydrogens (tertiary/aromatic N) is 2. The van der Waals surface area contributed by atoms with Crippen molar-refractivity contribution in [1.29, 1.82) is 0 Å². The van der Waals surface area contributed by atoms with E-state index in [-0.39, 0.29) is 18.6 Å². The molecule has 21 nitrogen and oxygen atoms in total. The maximum atomic E-state index is 13.8. The smallest absolute Gasteiger partial charge is 0.331 e. The molecule has 1 saturated heterocycles. The van der Waals surface area contributed by atoms with Gasteiger partial charge in [-0.25, -0.2) is 14.4 Å². The van der Waals surface area contributed by atoms with Gasteiger partial charge in [-0.2, -0.15) is 0 Å². The number of aromatic hydroxyl groups is 1. The molecule has 2 aromatic heterocycles. The van der Waals surface area contributed by atoms with Crippen molar-refractivity contribution in [3.8, 4) is 5.75 Å². The van der Waals surface area contributed by atoms with Crippen LogP contribution < -0.4 is 38.2 Å². The van der Waals surface area contributed by atoms with E-state index < -0.39 is 95.4 Å². The molecule has 0 radical (unpaired) electrons. The van der Waals surface area contributed by atoms with Gasteiger partial charge in [-0.05, 0) is 49.6 Å². The zero-order chi connectivity index (χ0) is 43.1. The number of phenols is 1. The predicted octanol–water partition coefficient (Wildman–Crippen LogP) is -1.78. The molecule has 8 atom stereocenters. The Morgan fingerprint density at radius 3 is 2.41 bits per heavy atom. The molecular formula is C38H45N9O12. The third-order valence-electron chi connectivity index (χ3n) is 9.79. The first kappa shape index (κ1) is 43.2. The Balaban J connectivity index is 1.31. The van der Waals surface area contributed by atoms with Crippen molar-refractivity contribution in [2.45, 2.75) is 75.3 Å². The van der Waals surface area contributed by atoms with Crippen molar-refractivity contribution in [3.05, 3.63) is 111 Å². The molecule has 1 fully saturated rings. The summed E-state index contributed by atoms with van der Waals surface area (Å²) in [6, 6.07) is 6.61. The van der Waals surface area contributed by atoms with Crippen LogP contribution in [-0.4, -0.2) is 119 Å². The molecule has 1 aliphatic heterocycles. The number of H-pyrrole nitrogens is 2. The van der Waals surface area contributed by atoms with Gasteiger partial charge in [0.1, 0.15) is 41.8 Å². The first-order valence-corrected chi connectivity index (χ1v) is 18.2. The number of nitrogens with two attached hydrogens (primary N) is 1. The van der Waals surface area contributed by atoms with Gasteiger partial charge in [0, 0.05) is 49.0 Å². The quantitative estimate of drug-likeness (QED) is 0.0633. The van der Waals surface area contributed by atoms with Gasteiger partial charge in [-0.1, -0.05) is 30.3 Å². The summed E-state index contributed by atoms with van der Waals surface area (Å²) < 4.78 is 6.35. The highest BCUT2D eigenvalue weighted by Gasteiger charge is 2.42. The van der Waals surface area contributed by atoms with Crippen LogP contribution in [0.2, 0.25) is 0 Å². The van der Waals surface area contributed by atoms with Gasteiger partial charge < -0.3 is 62.0 Å². The fraction of sp³-hybridized carbons (Fsp3) is 0.342. The molecule has 0 bridgehead atoms. The van der Waals surface area contributed by atoms with Crippen LogP contribution >= 0.6 is 0 Å². The number of nitrogens with one attached hydrogen (secondary N) is 6. The second kappa shape index (κ2) is 18.5. The number of aliphatic hydroxyl groups excluding tert-OH is 2. The van der Waals surface area contributed by atoms with Crippen LogP contribution in [0.5, 0.6) is 5.75 Å². The number of hydrogen-bond donors (Lipinski definition) is 11. The Kier molecular flexibility index (Phi) is 13.6. The lowest BCUT2D eigenvalue weighted by atomic mass is 10.0. The lowest BCUT2D eigenvalue weighted by Gasteiger charge is -2.33.